The molecule has 0 radical (unpaired) electrons. The summed E-state index contributed by atoms with van der Waals surface area (Å²) in [6.45, 7) is 13.2. The van der Waals surface area contributed by atoms with Gasteiger partial charge in [0.1, 0.15) is 45.9 Å². The van der Waals surface area contributed by atoms with Crippen molar-refractivity contribution < 1.29 is 34.8 Å². The predicted molar refractivity (Wildman–Crippen MR) is 355 cm³/mol. The van der Waals surface area contributed by atoms with Crippen LogP contribution in [0.15, 0.2) is 187 Å². The molecular weight excluding hydrogens is 1180 g/mol. The van der Waals surface area contributed by atoms with Crippen molar-refractivity contribution in [3.05, 3.63) is 251 Å². The number of aromatic nitrogens is 3. The minimum Gasteiger partial charge on any atom is -0.345 e. The van der Waals surface area contributed by atoms with E-state index in [4.69, 9.17) is 5.73 Å². The first-order valence-electron chi connectivity index (χ1n) is 31.1. The second kappa shape index (κ2) is 30.6. The van der Waals surface area contributed by atoms with Crippen LogP contribution in [-0.2, 0) is 41.6 Å². The zero-order chi connectivity index (χ0) is 64.1. The Bertz CT molecular complexity index is 3880. The van der Waals surface area contributed by atoms with E-state index in [2.05, 4.69) is 42.5 Å². The number of benzene rings is 6. The smallest absolute Gasteiger partial charge is 0.144 e. The van der Waals surface area contributed by atoms with Crippen molar-refractivity contribution in [3.8, 4) is 33.4 Å². The number of rotatable bonds is 17. The summed E-state index contributed by atoms with van der Waals surface area (Å²) in [6.07, 6.45) is 18.7. The van der Waals surface area contributed by atoms with Crippen LogP contribution in [0.1, 0.15) is 152 Å². The fraction of sp³-hybridized carbons (Fsp3) is 0.338. The summed E-state index contributed by atoms with van der Waals surface area (Å²) in [5, 5.41) is 0. The monoisotopic (exact) mass is 1260 g/mol. The lowest BCUT2D eigenvalue weighted by Crippen LogP contribution is -2.39. The Morgan fingerprint density at radius 2 is 0.867 bits per heavy atom. The Kier molecular flexibility index (Phi) is 22.8. The van der Waals surface area contributed by atoms with Gasteiger partial charge in [-0.25, -0.2) is 39.5 Å². The lowest BCUT2D eigenvalue weighted by Gasteiger charge is -2.33. The van der Waals surface area contributed by atoms with E-state index in [-0.39, 0.29) is 28.8 Å². The topological polar surface area (TPSA) is 99.3 Å². The third-order valence-corrected chi connectivity index (χ3v) is 19.6. The van der Waals surface area contributed by atoms with Crippen LogP contribution in [0.25, 0.3) is 33.4 Å². The quantitative estimate of drug-likeness (QED) is 0.0702. The van der Waals surface area contributed by atoms with E-state index in [1.165, 1.54) is 62.2 Å². The van der Waals surface area contributed by atoms with Gasteiger partial charge >= 0.3 is 0 Å². The maximum atomic E-state index is 14.7. The molecule has 2 saturated carbocycles. The van der Waals surface area contributed by atoms with Crippen LogP contribution in [0.2, 0.25) is 0 Å². The highest BCUT2D eigenvalue weighted by Crippen LogP contribution is 2.40. The molecule has 8 nitrogen and oxygen atoms in total. The van der Waals surface area contributed by atoms with Crippen molar-refractivity contribution in [3.63, 3.8) is 0 Å². The molecule has 90 heavy (non-hydrogen) atoms. The third-order valence-electron chi connectivity index (χ3n) is 16.6. The SMILES string of the molecule is CC(C)(C)[S@](=O)N=Cc1cc(-c2cc(F)ccc2F)cn1Cc1ccccc1.CC(C)(C)[S@](=O)N[C@@H](c1cc(-c2cc(F)ccc2F)cn1Cc1ccccc1)C1CCCCC1.N[C@@H](c1cc(-c2cc(F)ccc2F)cn1Cc1ccccc1)C1CCCCC1. The van der Waals surface area contributed by atoms with E-state index in [1.54, 1.807) is 12.3 Å². The van der Waals surface area contributed by atoms with Gasteiger partial charge in [-0.05, 0) is 169 Å². The first-order chi connectivity index (χ1) is 43.1. The van der Waals surface area contributed by atoms with Crippen LogP contribution in [0, 0.1) is 46.7 Å². The summed E-state index contributed by atoms with van der Waals surface area (Å²) in [4.78, 5) is 0. The van der Waals surface area contributed by atoms with Gasteiger partial charge in [0.05, 0.1) is 38.4 Å². The summed E-state index contributed by atoms with van der Waals surface area (Å²) in [7, 11) is -2.68. The molecule has 474 valence electrons. The second-order valence-corrected chi connectivity index (χ2v) is 29.5. The van der Waals surface area contributed by atoms with E-state index in [0.717, 1.165) is 90.9 Å². The molecule has 6 aromatic carbocycles. The molecule has 3 heterocycles. The van der Waals surface area contributed by atoms with E-state index < -0.39 is 66.4 Å². The summed E-state index contributed by atoms with van der Waals surface area (Å²) in [5.74, 6) is -2.02. The molecule has 9 aromatic rings. The normalized spacial score (nSPS) is 15.6. The maximum Gasteiger partial charge on any atom is 0.144 e. The lowest BCUT2D eigenvalue weighted by molar-refractivity contribution is 0.287. The van der Waals surface area contributed by atoms with Crippen LogP contribution >= 0.6 is 0 Å². The Morgan fingerprint density at radius 3 is 1.29 bits per heavy atom. The van der Waals surface area contributed by atoms with Crippen LogP contribution in [0.3, 0.4) is 0 Å². The first kappa shape index (κ1) is 67.0. The summed E-state index contributed by atoms with van der Waals surface area (Å²) >= 11 is 0. The van der Waals surface area contributed by atoms with E-state index in [0.29, 0.717) is 53.9 Å². The van der Waals surface area contributed by atoms with Crippen LogP contribution in [0.5, 0.6) is 0 Å². The van der Waals surface area contributed by atoms with Gasteiger partial charge in [0.15, 0.2) is 0 Å². The van der Waals surface area contributed by atoms with Crippen molar-refractivity contribution in [1.82, 2.24) is 18.4 Å². The van der Waals surface area contributed by atoms with Gasteiger partial charge in [0.25, 0.3) is 0 Å². The van der Waals surface area contributed by atoms with Gasteiger partial charge in [-0.3, -0.25) is 0 Å². The van der Waals surface area contributed by atoms with Crippen molar-refractivity contribution in [2.24, 2.45) is 22.0 Å². The maximum absolute atomic E-state index is 14.7. The number of hydrogen-bond donors (Lipinski definition) is 2. The molecule has 16 heteroatoms. The summed E-state index contributed by atoms with van der Waals surface area (Å²) in [6, 6.07) is 45.9. The summed E-state index contributed by atoms with van der Waals surface area (Å²) < 4.78 is 123. The van der Waals surface area contributed by atoms with Crippen molar-refractivity contribution >= 4 is 28.2 Å². The van der Waals surface area contributed by atoms with Gasteiger partial charge in [0, 0.05) is 89.0 Å². The number of nitrogens with two attached hydrogens (primary N) is 1. The Morgan fingerprint density at radius 1 is 0.489 bits per heavy atom. The predicted octanol–water partition coefficient (Wildman–Crippen LogP) is 18.6. The number of nitrogens with zero attached hydrogens (tertiary/aromatic N) is 4. The van der Waals surface area contributed by atoms with Gasteiger partial charge in [-0.2, -0.15) is 4.40 Å². The first-order valence-corrected chi connectivity index (χ1v) is 33.3. The van der Waals surface area contributed by atoms with Crippen LogP contribution < -0.4 is 10.5 Å². The molecule has 0 saturated heterocycles. The van der Waals surface area contributed by atoms with Gasteiger partial charge in [-0.1, -0.05) is 130 Å². The highest BCUT2D eigenvalue weighted by Gasteiger charge is 2.33. The van der Waals surface area contributed by atoms with Crippen molar-refractivity contribution in [2.75, 3.05) is 0 Å². The minimum atomic E-state index is -1.41. The average molecular weight is 1270 g/mol. The summed E-state index contributed by atoms with van der Waals surface area (Å²) in [5.41, 5.74) is 15.2. The van der Waals surface area contributed by atoms with E-state index in [9.17, 15) is 34.8 Å². The lowest BCUT2D eigenvalue weighted by atomic mass is 9.83. The van der Waals surface area contributed by atoms with Crippen molar-refractivity contribution in [2.45, 2.75) is 147 Å². The molecule has 3 N–H and O–H groups in total. The molecule has 11 rings (SSSR count). The van der Waals surface area contributed by atoms with Crippen molar-refractivity contribution in [1.29, 1.82) is 0 Å². The molecule has 0 bridgehead atoms. The average Bonchev–Trinajstić information content (AvgIpc) is 1.90. The number of halogens is 6. The Labute approximate surface area is 531 Å². The van der Waals surface area contributed by atoms with Gasteiger partial charge in [0.2, 0.25) is 0 Å². The fourth-order valence-corrected chi connectivity index (χ4v) is 13.2. The number of hydrogen-bond acceptors (Lipinski definition) is 3. The zero-order valence-electron chi connectivity index (χ0n) is 52.2. The fourth-order valence-electron chi connectivity index (χ4n) is 11.7. The minimum absolute atomic E-state index is 0.102. The molecule has 0 spiro atoms. The molecule has 0 amide bonds. The molecule has 2 aliphatic rings. The van der Waals surface area contributed by atoms with Crippen LogP contribution in [0.4, 0.5) is 26.3 Å². The molecule has 2 fully saturated rings. The highest BCUT2D eigenvalue weighted by molar-refractivity contribution is 7.85. The van der Waals surface area contributed by atoms with E-state index in [1.807, 2.05) is 137 Å². The molecule has 0 unspecified atom stereocenters. The Hall–Kier alpha value is -7.37. The van der Waals surface area contributed by atoms with E-state index >= 15 is 0 Å². The largest absolute Gasteiger partial charge is 0.345 e. The molecule has 0 aliphatic heterocycles. The molecular formula is C74H82F6N6O2S2. The van der Waals surface area contributed by atoms with Gasteiger partial charge < -0.3 is 19.4 Å². The third kappa shape index (κ3) is 18.0. The Balaban J connectivity index is 0.000000161. The standard InChI is InChI=1S/C28H34F2N2OS.C24H26F2N2.C22H22F2N2OS/c1-28(2,3)34(33)31-27(21-12-8-5-9-13-21)26-16-22(24-17-23(29)14-15-25(24)30)19-32(26)18-20-10-6-4-7-11-20;25-20-11-12-22(26)21(14-20)19-13-23(24(27)18-9-5-2-6-10-18)28(16-19)15-17-7-3-1-4-8-17;1-22(2,3)28(27)25-13-19-11-17(20-12-18(23)9-10-21(20)24)15-26(19)14-16-7-5-4-6-8-16/h4,6-7,10-11,14-17,19,21,27,31H,5,8-9,12-13,18H2,1-3H3;1,3-4,7-8,11-14,16,18,24H,2,5-6,9-10,15,27H2;4-13,15H,14H2,1-3H3/t27-,34+;24-;28-/m110/s1. The molecule has 2 aliphatic carbocycles. The van der Waals surface area contributed by atoms with Crippen LogP contribution in [-0.4, -0.2) is 37.8 Å². The zero-order valence-corrected chi connectivity index (χ0v) is 53.8. The molecule has 4 atom stereocenters. The number of nitrogens with one attached hydrogen (secondary N) is 1. The second-order valence-electron chi connectivity index (χ2n) is 25.6. The molecule has 3 aromatic heterocycles. The van der Waals surface area contributed by atoms with Gasteiger partial charge in [-0.15, -0.1) is 0 Å². The highest BCUT2D eigenvalue weighted by atomic mass is 32.2.